The number of halogens is 2. The molecule has 0 aliphatic heterocycles. The normalized spacial score (nSPS) is 12.8. The number of rotatable bonds is 10. The number of aliphatic hydroxyl groups excluding tert-OH is 1. The van der Waals surface area contributed by atoms with Crippen LogP contribution >= 0.6 is 11.3 Å². The number of nitrogens with zero attached hydrogens (tertiary/aromatic N) is 3. The second-order valence-electron chi connectivity index (χ2n) is 9.12. The van der Waals surface area contributed by atoms with Gasteiger partial charge in [0.05, 0.1) is 0 Å². The third-order valence-electron chi connectivity index (χ3n) is 5.73. The van der Waals surface area contributed by atoms with Crippen molar-refractivity contribution in [2.75, 3.05) is 5.32 Å². The molecule has 2 atom stereocenters. The van der Waals surface area contributed by atoms with E-state index in [-0.39, 0.29) is 28.9 Å². The minimum absolute atomic E-state index is 0.0307. The smallest absolute Gasteiger partial charge is 0.278 e. The van der Waals surface area contributed by atoms with Gasteiger partial charge in [-0.05, 0) is 30.0 Å². The first-order chi connectivity index (χ1) is 18.7. The van der Waals surface area contributed by atoms with Gasteiger partial charge in [-0.15, -0.1) is 11.3 Å². The van der Waals surface area contributed by atoms with Crippen molar-refractivity contribution in [2.45, 2.75) is 51.7 Å². The van der Waals surface area contributed by atoms with E-state index in [1.165, 1.54) is 11.3 Å². The lowest BCUT2D eigenvalue weighted by molar-refractivity contribution is -0.133. The zero-order valence-electron chi connectivity index (χ0n) is 21.4. The van der Waals surface area contributed by atoms with Crippen LogP contribution in [-0.2, 0) is 9.59 Å². The average molecular weight is 556 g/mol. The van der Waals surface area contributed by atoms with Crippen molar-refractivity contribution >= 4 is 28.3 Å². The molecule has 2 aromatic carbocycles. The van der Waals surface area contributed by atoms with Crippen molar-refractivity contribution < 1.29 is 28.0 Å². The first kappa shape index (κ1) is 28.0. The molecular formula is C27H27F2N5O4S. The molecule has 0 aliphatic rings. The molecule has 2 heterocycles. The zero-order valence-corrected chi connectivity index (χ0v) is 22.3. The van der Waals surface area contributed by atoms with E-state index in [0.717, 1.165) is 22.6 Å². The highest BCUT2D eigenvalue weighted by Gasteiger charge is 2.28. The number of anilines is 1. The Balaban J connectivity index is 1.51. The lowest BCUT2D eigenvalue weighted by atomic mass is 10.1. The van der Waals surface area contributed by atoms with Gasteiger partial charge in [0.25, 0.3) is 11.8 Å². The molecular weight excluding hydrogens is 528 g/mol. The Morgan fingerprint density at radius 3 is 2.38 bits per heavy atom. The van der Waals surface area contributed by atoms with Crippen LogP contribution in [0.5, 0.6) is 0 Å². The number of hydrogen-bond acceptors (Lipinski definition) is 8. The Bertz CT molecular complexity index is 1440. The summed E-state index contributed by atoms with van der Waals surface area (Å²) in [6, 6.07) is 10.6. The summed E-state index contributed by atoms with van der Waals surface area (Å²) in [5.74, 6) is -2.75. The molecule has 0 fully saturated rings. The van der Waals surface area contributed by atoms with Crippen molar-refractivity contribution in [2.24, 2.45) is 0 Å². The van der Waals surface area contributed by atoms with E-state index in [9.17, 15) is 23.5 Å². The van der Waals surface area contributed by atoms with Crippen LogP contribution in [0.15, 0.2) is 53.1 Å². The van der Waals surface area contributed by atoms with Gasteiger partial charge in [0, 0.05) is 16.5 Å². The molecule has 9 nitrogen and oxygen atoms in total. The highest BCUT2D eigenvalue weighted by molar-refractivity contribution is 7.16. The largest absolute Gasteiger partial charge is 0.378 e. The molecule has 0 spiro atoms. The fraction of sp³-hybridized carbons (Fsp3) is 0.296. The third-order valence-corrected chi connectivity index (χ3v) is 7.00. The minimum atomic E-state index is -1.86. The quantitative estimate of drug-likeness (QED) is 0.245. The number of amides is 2. The lowest BCUT2D eigenvalue weighted by Gasteiger charge is -2.19. The summed E-state index contributed by atoms with van der Waals surface area (Å²) < 4.78 is 32.5. The van der Waals surface area contributed by atoms with Crippen molar-refractivity contribution in [3.63, 3.8) is 0 Å². The molecule has 2 amide bonds. The molecule has 12 heteroatoms. The summed E-state index contributed by atoms with van der Waals surface area (Å²) in [5, 5.41) is 19.8. The van der Waals surface area contributed by atoms with E-state index in [1.54, 1.807) is 0 Å². The van der Waals surface area contributed by atoms with Crippen LogP contribution in [0.3, 0.4) is 0 Å². The summed E-state index contributed by atoms with van der Waals surface area (Å²) in [6.45, 7) is 5.75. The van der Waals surface area contributed by atoms with Crippen LogP contribution in [0.2, 0.25) is 0 Å². The second kappa shape index (κ2) is 12.2. The maximum absolute atomic E-state index is 13.5. The number of carbonyl (C=O) groups excluding carboxylic acids is 2. The highest BCUT2D eigenvalue weighted by atomic mass is 32.1. The molecule has 204 valence electrons. The van der Waals surface area contributed by atoms with Gasteiger partial charge in [-0.3, -0.25) is 9.59 Å². The maximum Gasteiger partial charge on any atom is 0.278 e. The van der Waals surface area contributed by atoms with E-state index in [4.69, 9.17) is 4.52 Å². The maximum atomic E-state index is 13.5. The number of benzene rings is 2. The van der Waals surface area contributed by atoms with Gasteiger partial charge < -0.3 is 20.3 Å². The monoisotopic (exact) mass is 555 g/mol. The van der Waals surface area contributed by atoms with Gasteiger partial charge in [0.15, 0.2) is 11.2 Å². The molecule has 3 N–H and O–H groups in total. The van der Waals surface area contributed by atoms with Gasteiger partial charge in [-0.2, -0.15) is 4.98 Å². The van der Waals surface area contributed by atoms with E-state index < -0.39 is 35.6 Å². The summed E-state index contributed by atoms with van der Waals surface area (Å²) in [5.41, 5.74) is 0.963. The van der Waals surface area contributed by atoms with Gasteiger partial charge in [-0.25, -0.2) is 13.8 Å². The Morgan fingerprint density at radius 1 is 1.05 bits per heavy atom. The van der Waals surface area contributed by atoms with E-state index in [1.807, 2.05) is 51.1 Å². The predicted octanol–water partition coefficient (Wildman–Crippen LogP) is 5.22. The first-order valence-corrected chi connectivity index (χ1v) is 13.1. The zero-order chi connectivity index (χ0) is 28.1. The highest BCUT2D eigenvalue weighted by Crippen LogP contribution is 2.36. The topological polar surface area (TPSA) is 130 Å². The Morgan fingerprint density at radius 2 is 1.74 bits per heavy atom. The van der Waals surface area contributed by atoms with Crippen molar-refractivity contribution in [3.05, 3.63) is 70.6 Å². The second-order valence-corrected chi connectivity index (χ2v) is 10.2. The number of aromatic nitrogens is 3. The molecule has 2 aromatic heterocycles. The van der Waals surface area contributed by atoms with E-state index in [2.05, 4.69) is 25.8 Å². The van der Waals surface area contributed by atoms with Crippen LogP contribution in [0, 0.1) is 11.6 Å². The third kappa shape index (κ3) is 6.70. The molecule has 0 aliphatic carbocycles. The Kier molecular flexibility index (Phi) is 8.77. The van der Waals surface area contributed by atoms with Gasteiger partial charge in [0.1, 0.15) is 23.4 Å². The van der Waals surface area contributed by atoms with Crippen molar-refractivity contribution in [3.8, 4) is 23.0 Å². The fourth-order valence-corrected chi connectivity index (χ4v) is 4.80. The van der Waals surface area contributed by atoms with Crippen LogP contribution < -0.4 is 10.6 Å². The van der Waals surface area contributed by atoms with Crippen LogP contribution in [0.1, 0.15) is 56.1 Å². The van der Waals surface area contributed by atoms with Gasteiger partial charge in [0.2, 0.25) is 11.7 Å². The molecule has 4 rings (SSSR count). The summed E-state index contributed by atoms with van der Waals surface area (Å²) in [7, 11) is 0. The predicted molar refractivity (Wildman–Crippen MR) is 142 cm³/mol. The number of aliphatic hydroxyl groups is 1. The van der Waals surface area contributed by atoms with E-state index in [0.29, 0.717) is 24.0 Å². The summed E-state index contributed by atoms with van der Waals surface area (Å²) in [4.78, 5) is 35.5. The number of hydrogen-bond donors (Lipinski definition) is 3. The van der Waals surface area contributed by atoms with Gasteiger partial charge in [-0.1, -0.05) is 62.7 Å². The SMILES string of the molecule is CCCC(NC(=O)C(O)c1cc(F)cc(F)c1)C(=O)Nc1nc(-c2nc(-c3ccccc3)no2)c(C(C)C)s1. The van der Waals surface area contributed by atoms with Crippen LogP contribution in [-0.4, -0.2) is 38.1 Å². The lowest BCUT2D eigenvalue weighted by Crippen LogP contribution is -2.45. The van der Waals surface area contributed by atoms with Crippen molar-refractivity contribution in [1.82, 2.24) is 20.4 Å². The molecule has 0 bridgehead atoms. The minimum Gasteiger partial charge on any atom is -0.378 e. The summed E-state index contributed by atoms with van der Waals surface area (Å²) in [6.07, 6.45) is -1.08. The number of thiazole rings is 1. The molecule has 0 saturated carbocycles. The van der Waals surface area contributed by atoms with E-state index >= 15 is 0 Å². The van der Waals surface area contributed by atoms with Crippen molar-refractivity contribution in [1.29, 1.82) is 0 Å². The number of carbonyl (C=O) groups is 2. The Hall–Kier alpha value is -4.03. The van der Waals surface area contributed by atoms with Gasteiger partial charge >= 0.3 is 0 Å². The Labute approximate surface area is 227 Å². The molecule has 0 saturated heterocycles. The molecule has 2 unspecified atom stereocenters. The summed E-state index contributed by atoms with van der Waals surface area (Å²) >= 11 is 1.24. The molecule has 39 heavy (non-hydrogen) atoms. The molecule has 0 radical (unpaired) electrons. The van der Waals surface area contributed by atoms with Crippen LogP contribution in [0.25, 0.3) is 23.0 Å². The average Bonchev–Trinajstić information content (AvgIpc) is 3.55. The standard InChI is InChI=1S/C27H27F2N5O4S/c1-4-8-19(30-25(37)21(35)16-11-17(28)13-18(29)12-16)24(36)33-27-31-20(22(39-27)14(2)3)26-32-23(34-38-26)15-9-6-5-7-10-15/h5-7,9-14,19,21,35H,4,8H2,1-3H3,(H,30,37)(H,31,33,36). The fourth-order valence-electron chi connectivity index (χ4n) is 3.84. The first-order valence-electron chi connectivity index (χ1n) is 12.3. The molecule has 4 aromatic rings. The number of nitrogens with one attached hydrogen (secondary N) is 2. The van der Waals surface area contributed by atoms with Crippen LogP contribution in [0.4, 0.5) is 13.9 Å².